The molecule has 0 spiro atoms. The van der Waals surface area contributed by atoms with Crippen LogP contribution >= 0.6 is 31.9 Å². The molecule has 0 aliphatic rings. The van der Waals surface area contributed by atoms with Gasteiger partial charge in [0.2, 0.25) is 0 Å². The number of halogens is 2. The van der Waals surface area contributed by atoms with Crippen LogP contribution in [0.1, 0.15) is 18.9 Å². The molecule has 4 heteroatoms. The van der Waals surface area contributed by atoms with Crippen LogP contribution in [0.15, 0.2) is 27.1 Å². The normalized spacial score (nSPS) is 10.7. The van der Waals surface area contributed by atoms with Gasteiger partial charge in [0.1, 0.15) is 0 Å². The van der Waals surface area contributed by atoms with Crippen LogP contribution in [-0.2, 0) is 6.54 Å². The van der Waals surface area contributed by atoms with Crippen molar-refractivity contribution in [3.8, 4) is 0 Å². The first-order valence-corrected chi connectivity index (χ1v) is 7.17. The molecule has 0 bridgehead atoms. The summed E-state index contributed by atoms with van der Waals surface area (Å²) in [5.41, 5.74) is 1.29. The maximum absolute atomic E-state index is 3.49. The summed E-state index contributed by atoms with van der Waals surface area (Å²) >= 11 is 6.97. The zero-order chi connectivity index (χ0) is 11.8. The molecule has 1 aromatic carbocycles. The average Bonchev–Trinajstić information content (AvgIpc) is 2.22. The molecule has 1 aromatic rings. The van der Waals surface area contributed by atoms with Crippen LogP contribution in [0.4, 0.5) is 0 Å². The van der Waals surface area contributed by atoms with E-state index in [9.17, 15) is 0 Å². The zero-order valence-electron chi connectivity index (χ0n) is 9.52. The van der Waals surface area contributed by atoms with Crippen LogP contribution in [0.3, 0.4) is 0 Å². The summed E-state index contributed by atoms with van der Waals surface area (Å²) < 4.78 is 2.23. The molecule has 0 aromatic heterocycles. The van der Waals surface area contributed by atoms with Gasteiger partial charge >= 0.3 is 0 Å². The molecule has 0 amide bonds. The quantitative estimate of drug-likeness (QED) is 0.738. The van der Waals surface area contributed by atoms with Crippen molar-refractivity contribution in [2.75, 3.05) is 19.6 Å². The zero-order valence-corrected chi connectivity index (χ0v) is 12.7. The molecule has 2 nitrogen and oxygen atoms in total. The number of benzene rings is 1. The smallest absolute Gasteiger partial charge is 0.0206 e. The van der Waals surface area contributed by atoms with Gasteiger partial charge in [0.05, 0.1) is 0 Å². The number of hydrogen-bond acceptors (Lipinski definition) is 2. The summed E-state index contributed by atoms with van der Waals surface area (Å²) in [6, 6.07) is 6.32. The second-order valence-corrected chi connectivity index (χ2v) is 5.54. The number of nitrogens with one attached hydrogen (secondary N) is 2. The summed E-state index contributed by atoms with van der Waals surface area (Å²) in [6.07, 6.45) is 1.19. The second-order valence-electron chi connectivity index (χ2n) is 3.70. The maximum Gasteiger partial charge on any atom is 0.0206 e. The highest BCUT2D eigenvalue weighted by Crippen LogP contribution is 2.19. The molecule has 0 fully saturated rings. The molecule has 0 heterocycles. The van der Waals surface area contributed by atoms with E-state index >= 15 is 0 Å². The standard InChI is InChI=1S/C12H18Br2N2/c1-2-3-15-4-5-16-9-10-6-11(13)8-12(14)7-10/h6-8,15-16H,2-5,9H2,1H3. The molecule has 1 rings (SSSR count). The average molecular weight is 350 g/mol. The Morgan fingerprint density at radius 2 is 1.56 bits per heavy atom. The van der Waals surface area contributed by atoms with Crippen LogP contribution in [-0.4, -0.2) is 19.6 Å². The van der Waals surface area contributed by atoms with Crippen molar-refractivity contribution in [1.82, 2.24) is 10.6 Å². The fourth-order valence-corrected chi connectivity index (χ4v) is 2.81. The van der Waals surface area contributed by atoms with Gasteiger partial charge in [-0.15, -0.1) is 0 Å². The highest BCUT2D eigenvalue weighted by Gasteiger charge is 1.97. The molecule has 0 radical (unpaired) electrons. The first-order valence-electron chi connectivity index (χ1n) is 5.58. The van der Waals surface area contributed by atoms with Gasteiger partial charge in [0, 0.05) is 28.6 Å². The molecular weight excluding hydrogens is 332 g/mol. The minimum atomic E-state index is 0.909. The van der Waals surface area contributed by atoms with E-state index in [2.05, 4.69) is 61.5 Å². The summed E-state index contributed by atoms with van der Waals surface area (Å²) in [5.74, 6) is 0. The predicted molar refractivity (Wildman–Crippen MR) is 76.7 cm³/mol. The van der Waals surface area contributed by atoms with E-state index in [0.717, 1.165) is 35.1 Å². The van der Waals surface area contributed by atoms with Crippen molar-refractivity contribution in [1.29, 1.82) is 0 Å². The molecule has 16 heavy (non-hydrogen) atoms. The highest BCUT2D eigenvalue weighted by atomic mass is 79.9. The lowest BCUT2D eigenvalue weighted by molar-refractivity contribution is 0.606. The largest absolute Gasteiger partial charge is 0.315 e. The van der Waals surface area contributed by atoms with Crippen LogP contribution in [0, 0.1) is 0 Å². The SMILES string of the molecule is CCCNCCNCc1cc(Br)cc(Br)c1. The van der Waals surface area contributed by atoms with E-state index in [1.165, 1.54) is 12.0 Å². The Balaban J connectivity index is 2.21. The lowest BCUT2D eigenvalue weighted by Gasteiger charge is -2.07. The van der Waals surface area contributed by atoms with Gasteiger partial charge in [0.15, 0.2) is 0 Å². The Morgan fingerprint density at radius 1 is 0.938 bits per heavy atom. The van der Waals surface area contributed by atoms with Gasteiger partial charge in [-0.2, -0.15) is 0 Å². The van der Waals surface area contributed by atoms with Crippen LogP contribution < -0.4 is 10.6 Å². The van der Waals surface area contributed by atoms with E-state index in [1.54, 1.807) is 0 Å². The predicted octanol–water partition coefficient (Wildman–Crippen LogP) is 3.30. The topological polar surface area (TPSA) is 24.1 Å². The molecule has 90 valence electrons. The fourth-order valence-electron chi connectivity index (χ4n) is 1.42. The van der Waals surface area contributed by atoms with Crippen LogP contribution in [0.2, 0.25) is 0 Å². The third-order valence-corrected chi connectivity index (χ3v) is 3.07. The van der Waals surface area contributed by atoms with Crippen LogP contribution in [0.25, 0.3) is 0 Å². The van der Waals surface area contributed by atoms with E-state index in [1.807, 2.05) is 6.07 Å². The van der Waals surface area contributed by atoms with Crippen molar-refractivity contribution in [3.05, 3.63) is 32.7 Å². The van der Waals surface area contributed by atoms with Crippen molar-refractivity contribution < 1.29 is 0 Å². The Labute approximate surface area is 114 Å². The molecule has 0 saturated heterocycles. The van der Waals surface area contributed by atoms with E-state index in [0.29, 0.717) is 0 Å². The van der Waals surface area contributed by atoms with Crippen molar-refractivity contribution in [2.24, 2.45) is 0 Å². The molecular formula is C12H18Br2N2. The maximum atomic E-state index is 3.49. The lowest BCUT2D eigenvalue weighted by Crippen LogP contribution is -2.27. The Bertz CT molecular complexity index is 296. The van der Waals surface area contributed by atoms with Gasteiger partial charge in [-0.3, -0.25) is 0 Å². The Morgan fingerprint density at radius 3 is 2.19 bits per heavy atom. The van der Waals surface area contributed by atoms with Gasteiger partial charge < -0.3 is 10.6 Å². The summed E-state index contributed by atoms with van der Waals surface area (Å²) in [7, 11) is 0. The Kier molecular flexibility index (Phi) is 7.28. The molecule has 0 unspecified atom stereocenters. The fraction of sp³-hybridized carbons (Fsp3) is 0.500. The molecule has 2 N–H and O–H groups in total. The van der Waals surface area contributed by atoms with Gasteiger partial charge in [-0.25, -0.2) is 0 Å². The molecule has 0 atom stereocenters. The first kappa shape index (κ1) is 14.2. The first-order chi connectivity index (χ1) is 7.72. The lowest BCUT2D eigenvalue weighted by atomic mass is 10.2. The Hall–Kier alpha value is 0.1000. The molecule has 0 aliphatic heterocycles. The van der Waals surface area contributed by atoms with E-state index in [4.69, 9.17) is 0 Å². The van der Waals surface area contributed by atoms with Gasteiger partial charge in [-0.1, -0.05) is 38.8 Å². The number of hydrogen-bond donors (Lipinski definition) is 2. The monoisotopic (exact) mass is 348 g/mol. The number of rotatable bonds is 7. The second kappa shape index (κ2) is 8.23. The van der Waals surface area contributed by atoms with Gasteiger partial charge in [0.25, 0.3) is 0 Å². The minimum Gasteiger partial charge on any atom is -0.315 e. The molecule has 0 aliphatic carbocycles. The van der Waals surface area contributed by atoms with Crippen molar-refractivity contribution in [3.63, 3.8) is 0 Å². The van der Waals surface area contributed by atoms with Crippen LogP contribution in [0.5, 0.6) is 0 Å². The van der Waals surface area contributed by atoms with Crippen molar-refractivity contribution in [2.45, 2.75) is 19.9 Å². The highest BCUT2D eigenvalue weighted by molar-refractivity contribution is 9.11. The third kappa shape index (κ3) is 5.99. The molecule has 0 saturated carbocycles. The summed E-state index contributed by atoms with van der Waals surface area (Å²) in [4.78, 5) is 0. The van der Waals surface area contributed by atoms with Crippen molar-refractivity contribution >= 4 is 31.9 Å². The minimum absolute atomic E-state index is 0.909. The van der Waals surface area contributed by atoms with E-state index in [-0.39, 0.29) is 0 Å². The summed E-state index contributed by atoms with van der Waals surface area (Å²) in [6.45, 7) is 6.22. The summed E-state index contributed by atoms with van der Waals surface area (Å²) in [5, 5.41) is 6.77. The third-order valence-electron chi connectivity index (χ3n) is 2.16. The van der Waals surface area contributed by atoms with E-state index < -0.39 is 0 Å². The van der Waals surface area contributed by atoms with Gasteiger partial charge in [-0.05, 0) is 36.7 Å².